The Hall–Kier alpha value is -3.78. The summed E-state index contributed by atoms with van der Waals surface area (Å²) in [4.78, 5) is 47.3. The van der Waals surface area contributed by atoms with E-state index in [4.69, 9.17) is 11.6 Å². The number of benzene rings is 1. The zero-order valence-electron chi connectivity index (χ0n) is 17.0. The molecule has 162 valence electrons. The van der Waals surface area contributed by atoms with Crippen LogP contribution in [-0.4, -0.2) is 34.2 Å². The van der Waals surface area contributed by atoms with Crippen molar-refractivity contribution in [3.63, 3.8) is 0 Å². The number of amides is 3. The van der Waals surface area contributed by atoms with Gasteiger partial charge in [-0.1, -0.05) is 11.6 Å². The number of aromatic nitrogens is 2. The minimum Gasteiger partial charge on any atom is -0.321 e. The highest BCUT2D eigenvalue weighted by molar-refractivity contribution is 6.30. The first-order valence-electron chi connectivity index (χ1n) is 10.1. The van der Waals surface area contributed by atoms with Crippen molar-refractivity contribution in [3.05, 3.63) is 77.2 Å². The van der Waals surface area contributed by atoms with E-state index in [1.165, 1.54) is 18.6 Å². The first-order chi connectivity index (χ1) is 15.5. The van der Waals surface area contributed by atoms with Crippen molar-refractivity contribution in [1.29, 1.82) is 0 Å². The molecule has 2 N–H and O–H groups in total. The van der Waals surface area contributed by atoms with E-state index in [0.29, 0.717) is 35.1 Å². The maximum Gasteiger partial charge on any atom is 0.260 e. The minimum atomic E-state index is -0.470. The number of pyridine rings is 2. The van der Waals surface area contributed by atoms with Gasteiger partial charge in [0.1, 0.15) is 5.82 Å². The first kappa shape index (κ1) is 21.5. The molecule has 0 radical (unpaired) electrons. The number of hydrogen-bond donors (Lipinski definition) is 2. The van der Waals surface area contributed by atoms with Crippen molar-refractivity contribution in [2.75, 3.05) is 22.1 Å². The van der Waals surface area contributed by atoms with E-state index >= 15 is 0 Å². The summed E-state index contributed by atoms with van der Waals surface area (Å²) in [6.45, 7) is 0.683. The lowest BCUT2D eigenvalue weighted by atomic mass is 10.1. The van der Waals surface area contributed by atoms with Gasteiger partial charge in [-0.05, 0) is 55.3 Å². The summed E-state index contributed by atoms with van der Waals surface area (Å²) in [5, 5.41) is 5.85. The average molecular weight is 450 g/mol. The molecule has 0 atom stereocenters. The molecule has 3 amide bonds. The van der Waals surface area contributed by atoms with Crippen LogP contribution in [0.2, 0.25) is 5.02 Å². The Kier molecular flexibility index (Phi) is 6.42. The molecule has 1 fully saturated rings. The molecule has 32 heavy (non-hydrogen) atoms. The molecule has 0 saturated carbocycles. The normalized spacial score (nSPS) is 13.5. The second-order valence-electron chi connectivity index (χ2n) is 7.24. The Balaban J connectivity index is 1.47. The molecule has 8 nitrogen and oxygen atoms in total. The van der Waals surface area contributed by atoms with Crippen molar-refractivity contribution >= 4 is 46.5 Å². The van der Waals surface area contributed by atoms with Gasteiger partial charge in [0.05, 0.1) is 16.3 Å². The Morgan fingerprint density at radius 3 is 2.47 bits per heavy atom. The lowest BCUT2D eigenvalue weighted by Crippen LogP contribution is -2.35. The zero-order valence-corrected chi connectivity index (χ0v) is 17.8. The molecule has 3 aromatic rings. The van der Waals surface area contributed by atoms with Crippen LogP contribution in [0.4, 0.5) is 17.2 Å². The van der Waals surface area contributed by atoms with E-state index in [1.54, 1.807) is 47.4 Å². The Morgan fingerprint density at radius 1 is 0.938 bits per heavy atom. The van der Waals surface area contributed by atoms with Gasteiger partial charge in [0, 0.05) is 42.8 Å². The molecule has 4 rings (SSSR count). The molecule has 1 aliphatic heterocycles. The number of anilines is 3. The van der Waals surface area contributed by atoms with E-state index in [0.717, 1.165) is 18.5 Å². The van der Waals surface area contributed by atoms with Crippen LogP contribution in [0.25, 0.3) is 0 Å². The van der Waals surface area contributed by atoms with Crippen molar-refractivity contribution in [2.24, 2.45) is 0 Å². The van der Waals surface area contributed by atoms with Gasteiger partial charge in [0.2, 0.25) is 5.91 Å². The fraction of sp³-hybridized carbons (Fsp3) is 0.174. The average Bonchev–Trinajstić information content (AvgIpc) is 2.81. The molecule has 0 aliphatic carbocycles. The third-order valence-corrected chi connectivity index (χ3v) is 5.27. The summed E-state index contributed by atoms with van der Waals surface area (Å²) >= 11 is 5.81. The highest BCUT2D eigenvalue weighted by atomic mass is 35.5. The molecular weight excluding hydrogens is 430 g/mol. The molecule has 1 aliphatic rings. The summed E-state index contributed by atoms with van der Waals surface area (Å²) in [5.41, 5.74) is 1.67. The summed E-state index contributed by atoms with van der Waals surface area (Å²) in [6.07, 6.45) is 6.69. The number of carbonyl (C=O) groups is 3. The molecule has 9 heteroatoms. The molecular formula is C23H20ClN5O3. The van der Waals surface area contributed by atoms with Crippen molar-refractivity contribution in [1.82, 2.24) is 9.97 Å². The predicted octanol–water partition coefficient (Wildman–Crippen LogP) is 4.15. The van der Waals surface area contributed by atoms with Crippen LogP contribution in [0, 0.1) is 0 Å². The van der Waals surface area contributed by atoms with E-state index in [1.807, 2.05) is 0 Å². The van der Waals surface area contributed by atoms with Crippen LogP contribution in [0.5, 0.6) is 0 Å². The van der Waals surface area contributed by atoms with Gasteiger partial charge in [-0.25, -0.2) is 4.98 Å². The second-order valence-corrected chi connectivity index (χ2v) is 7.68. The number of rotatable bonds is 5. The van der Waals surface area contributed by atoms with Crippen LogP contribution in [0.1, 0.15) is 40.0 Å². The molecule has 0 spiro atoms. The summed E-state index contributed by atoms with van der Waals surface area (Å²) in [5.74, 6) is -0.437. The highest BCUT2D eigenvalue weighted by Gasteiger charge is 2.20. The summed E-state index contributed by atoms with van der Waals surface area (Å²) in [6, 6.07) is 11.6. The smallest absolute Gasteiger partial charge is 0.260 e. The molecule has 3 heterocycles. The number of nitrogens with one attached hydrogen (secondary N) is 2. The number of halogens is 1. The van der Waals surface area contributed by atoms with Gasteiger partial charge in [0.25, 0.3) is 11.8 Å². The van der Waals surface area contributed by atoms with Gasteiger partial charge in [-0.15, -0.1) is 0 Å². The molecule has 1 aromatic carbocycles. The summed E-state index contributed by atoms with van der Waals surface area (Å²) in [7, 11) is 0. The van der Waals surface area contributed by atoms with Gasteiger partial charge in [-0.3, -0.25) is 19.4 Å². The number of carbonyl (C=O) groups excluding carboxylic acids is 3. The number of hydrogen-bond acceptors (Lipinski definition) is 5. The van der Waals surface area contributed by atoms with Gasteiger partial charge < -0.3 is 15.5 Å². The van der Waals surface area contributed by atoms with Gasteiger partial charge in [-0.2, -0.15) is 0 Å². The minimum absolute atomic E-state index is 0.0936. The van der Waals surface area contributed by atoms with Gasteiger partial charge in [0.15, 0.2) is 0 Å². The van der Waals surface area contributed by atoms with Crippen LogP contribution in [0.3, 0.4) is 0 Å². The van der Waals surface area contributed by atoms with E-state index < -0.39 is 5.91 Å². The maximum atomic E-state index is 12.8. The fourth-order valence-electron chi connectivity index (χ4n) is 3.38. The van der Waals surface area contributed by atoms with Crippen LogP contribution in [-0.2, 0) is 4.79 Å². The number of nitrogens with zero attached hydrogens (tertiary/aromatic N) is 3. The molecule has 1 saturated heterocycles. The van der Waals surface area contributed by atoms with Crippen LogP contribution < -0.4 is 15.5 Å². The van der Waals surface area contributed by atoms with E-state index in [2.05, 4.69) is 20.6 Å². The largest absolute Gasteiger partial charge is 0.321 e. The molecule has 2 aromatic heterocycles. The standard InChI is InChI=1S/C23H20ClN5O3/c24-16-6-9-20(26-13-16)28-23(32)18-14-25-11-10-19(18)27-22(31)15-4-7-17(8-5-15)29-12-2-1-3-21(29)30/h4-11,13-14H,1-3,12H2,(H,25,27,31)(H,26,28,32). The first-order valence-corrected chi connectivity index (χ1v) is 10.5. The lowest BCUT2D eigenvalue weighted by molar-refractivity contribution is -0.119. The van der Waals surface area contributed by atoms with Crippen molar-refractivity contribution in [2.45, 2.75) is 19.3 Å². The fourth-order valence-corrected chi connectivity index (χ4v) is 3.50. The maximum absolute atomic E-state index is 12.8. The van der Waals surface area contributed by atoms with Crippen LogP contribution in [0.15, 0.2) is 61.1 Å². The van der Waals surface area contributed by atoms with E-state index in [9.17, 15) is 14.4 Å². The Bertz CT molecular complexity index is 1150. The Morgan fingerprint density at radius 2 is 1.75 bits per heavy atom. The zero-order chi connectivity index (χ0) is 22.5. The quantitative estimate of drug-likeness (QED) is 0.608. The SMILES string of the molecule is O=C(Nc1ccncc1C(=O)Nc1ccc(Cl)cn1)c1ccc(N2CCCCC2=O)cc1. The van der Waals surface area contributed by atoms with E-state index in [-0.39, 0.29) is 17.4 Å². The molecule has 0 bridgehead atoms. The van der Waals surface area contributed by atoms with Crippen molar-refractivity contribution in [3.8, 4) is 0 Å². The predicted molar refractivity (Wildman–Crippen MR) is 122 cm³/mol. The highest BCUT2D eigenvalue weighted by Crippen LogP contribution is 2.22. The van der Waals surface area contributed by atoms with Crippen LogP contribution >= 0.6 is 11.6 Å². The topological polar surface area (TPSA) is 104 Å². The monoisotopic (exact) mass is 449 g/mol. The summed E-state index contributed by atoms with van der Waals surface area (Å²) < 4.78 is 0. The molecule has 0 unspecified atom stereocenters. The van der Waals surface area contributed by atoms with Crippen molar-refractivity contribution < 1.29 is 14.4 Å². The lowest BCUT2D eigenvalue weighted by Gasteiger charge is -2.26. The number of piperidine rings is 1. The van der Waals surface area contributed by atoms with Gasteiger partial charge >= 0.3 is 0 Å². The Labute approximate surface area is 189 Å². The second kappa shape index (κ2) is 9.57. The third-order valence-electron chi connectivity index (χ3n) is 5.05. The third kappa shape index (κ3) is 4.92.